The lowest BCUT2D eigenvalue weighted by Gasteiger charge is -2.22. The summed E-state index contributed by atoms with van der Waals surface area (Å²) in [5.41, 5.74) is 5.02. The van der Waals surface area contributed by atoms with E-state index in [-0.39, 0.29) is 5.71 Å². The second kappa shape index (κ2) is 6.12. The lowest BCUT2D eigenvalue weighted by atomic mass is 10.0. The Balaban J connectivity index is 4.95. The SMILES string of the molecule is CC/C(=C\C(=N/O)C(N)=O)[C@H](C)[NH+]([O-])O. The number of hydrogen-bond acceptors (Lipinski definition) is 5. The number of primary amides is 1. The molecule has 1 unspecified atom stereocenters. The minimum absolute atomic E-state index is 0.347. The highest BCUT2D eigenvalue weighted by atomic mass is 16.8. The summed E-state index contributed by atoms with van der Waals surface area (Å²) in [5, 5.41) is 29.6. The zero-order chi connectivity index (χ0) is 12.0. The first-order chi connectivity index (χ1) is 6.93. The van der Waals surface area contributed by atoms with E-state index in [0.717, 1.165) is 0 Å². The van der Waals surface area contributed by atoms with E-state index in [9.17, 15) is 10.0 Å². The van der Waals surface area contributed by atoms with Crippen molar-refractivity contribution < 1.29 is 20.4 Å². The van der Waals surface area contributed by atoms with Crippen LogP contribution in [0.2, 0.25) is 0 Å². The number of nitrogens with one attached hydrogen (secondary N) is 1. The molecule has 0 aliphatic heterocycles. The van der Waals surface area contributed by atoms with Crippen LogP contribution in [0.1, 0.15) is 20.3 Å². The Morgan fingerprint density at radius 2 is 2.27 bits per heavy atom. The number of amides is 1. The predicted octanol–water partition coefficient (Wildman–Crippen LogP) is -1.20. The second-order valence-corrected chi connectivity index (χ2v) is 2.98. The Morgan fingerprint density at radius 3 is 2.53 bits per heavy atom. The van der Waals surface area contributed by atoms with Crippen LogP contribution in [0.4, 0.5) is 0 Å². The highest BCUT2D eigenvalue weighted by molar-refractivity contribution is 6.42. The van der Waals surface area contributed by atoms with Crippen LogP contribution in [0.3, 0.4) is 0 Å². The van der Waals surface area contributed by atoms with E-state index >= 15 is 0 Å². The third-order valence-electron chi connectivity index (χ3n) is 2.02. The lowest BCUT2D eigenvalue weighted by molar-refractivity contribution is -1.06. The molecule has 15 heavy (non-hydrogen) atoms. The van der Waals surface area contributed by atoms with Crippen molar-refractivity contribution in [2.24, 2.45) is 10.9 Å². The van der Waals surface area contributed by atoms with E-state index in [0.29, 0.717) is 12.0 Å². The van der Waals surface area contributed by atoms with Crippen molar-refractivity contribution in [2.45, 2.75) is 26.3 Å². The van der Waals surface area contributed by atoms with Gasteiger partial charge < -0.3 is 16.1 Å². The number of hydrogen-bond donors (Lipinski definition) is 4. The molecule has 0 heterocycles. The van der Waals surface area contributed by atoms with Gasteiger partial charge in [0.1, 0.15) is 6.04 Å². The fourth-order valence-electron chi connectivity index (χ4n) is 1.02. The van der Waals surface area contributed by atoms with Gasteiger partial charge in [0.25, 0.3) is 5.91 Å². The van der Waals surface area contributed by atoms with Crippen LogP contribution in [0, 0.1) is 5.21 Å². The van der Waals surface area contributed by atoms with E-state index in [4.69, 9.17) is 16.1 Å². The maximum absolute atomic E-state index is 10.7. The molecule has 7 heteroatoms. The molecule has 0 rings (SSSR count). The first kappa shape index (κ1) is 13.6. The Hall–Kier alpha value is -1.44. The average Bonchev–Trinajstić information content (AvgIpc) is 2.18. The van der Waals surface area contributed by atoms with Crippen molar-refractivity contribution in [3.63, 3.8) is 0 Å². The summed E-state index contributed by atoms with van der Waals surface area (Å²) in [5.74, 6) is -0.902. The van der Waals surface area contributed by atoms with Crippen molar-refractivity contribution in [3.05, 3.63) is 16.9 Å². The van der Waals surface area contributed by atoms with Gasteiger partial charge >= 0.3 is 0 Å². The summed E-state index contributed by atoms with van der Waals surface area (Å²) in [6.45, 7) is 3.22. The molecular formula is C8H15N3O4. The monoisotopic (exact) mass is 217 g/mol. The Kier molecular flexibility index (Phi) is 5.53. The first-order valence-corrected chi connectivity index (χ1v) is 4.39. The number of nitrogens with zero attached hydrogens (tertiary/aromatic N) is 1. The maximum Gasteiger partial charge on any atom is 0.270 e. The molecule has 0 aromatic heterocycles. The summed E-state index contributed by atoms with van der Waals surface area (Å²) in [6, 6.07) is -0.744. The summed E-state index contributed by atoms with van der Waals surface area (Å²) in [4.78, 5) is 10.7. The number of quaternary nitrogens is 1. The van der Waals surface area contributed by atoms with Crippen LogP contribution in [-0.4, -0.2) is 28.1 Å². The van der Waals surface area contributed by atoms with Gasteiger partial charge in [0.2, 0.25) is 0 Å². The minimum Gasteiger partial charge on any atom is -0.600 e. The number of rotatable bonds is 5. The number of hydroxylamine groups is 2. The standard InChI is InChI=1S/C8H15N3O4/c1-3-6(5(2)11(14)15)4-7(10-13)8(9)12/h4-5,11,13-14H,3H2,1-2H3,(H2,9,12)/b6-4+,10-7+/t5-/m0/s1. The van der Waals surface area contributed by atoms with Gasteiger partial charge in [-0.05, 0) is 25.0 Å². The van der Waals surface area contributed by atoms with Crippen LogP contribution < -0.4 is 11.0 Å². The van der Waals surface area contributed by atoms with E-state index < -0.39 is 17.2 Å². The Bertz CT molecular complexity index is 286. The number of oxime groups is 1. The Morgan fingerprint density at radius 1 is 1.73 bits per heavy atom. The van der Waals surface area contributed by atoms with Crippen LogP contribution >= 0.6 is 0 Å². The molecule has 0 radical (unpaired) electrons. The first-order valence-electron chi connectivity index (χ1n) is 4.39. The third kappa shape index (κ3) is 4.07. The zero-order valence-corrected chi connectivity index (χ0v) is 8.60. The normalized spacial score (nSPS) is 17.3. The highest BCUT2D eigenvalue weighted by Crippen LogP contribution is 2.04. The van der Waals surface area contributed by atoms with Gasteiger partial charge in [-0.3, -0.25) is 4.79 Å². The number of carbonyl (C=O) groups is 1. The number of nitrogens with two attached hydrogens (primary N) is 1. The van der Waals surface area contributed by atoms with Crippen LogP contribution in [0.15, 0.2) is 16.8 Å². The molecule has 2 atom stereocenters. The second-order valence-electron chi connectivity index (χ2n) is 2.98. The van der Waals surface area contributed by atoms with E-state index in [1.54, 1.807) is 6.92 Å². The Labute approximate surface area is 87.0 Å². The van der Waals surface area contributed by atoms with Gasteiger partial charge in [-0.2, -0.15) is 0 Å². The molecule has 0 aromatic rings. The summed E-state index contributed by atoms with van der Waals surface area (Å²) < 4.78 is 0. The van der Waals surface area contributed by atoms with Gasteiger partial charge in [0.15, 0.2) is 5.71 Å². The molecule has 0 saturated heterocycles. The maximum atomic E-state index is 10.7. The molecule has 0 aliphatic rings. The van der Waals surface area contributed by atoms with Gasteiger partial charge in [-0.1, -0.05) is 12.1 Å². The molecule has 86 valence electrons. The van der Waals surface area contributed by atoms with Crippen molar-refractivity contribution in [2.75, 3.05) is 0 Å². The van der Waals surface area contributed by atoms with E-state index in [2.05, 4.69) is 5.16 Å². The van der Waals surface area contributed by atoms with Crippen LogP contribution in [0.25, 0.3) is 0 Å². The highest BCUT2D eigenvalue weighted by Gasteiger charge is 2.15. The zero-order valence-electron chi connectivity index (χ0n) is 8.60. The fourth-order valence-corrected chi connectivity index (χ4v) is 1.02. The van der Waals surface area contributed by atoms with Crippen molar-refractivity contribution in [1.29, 1.82) is 0 Å². The van der Waals surface area contributed by atoms with Gasteiger partial charge in [-0.25, -0.2) is 10.4 Å². The third-order valence-corrected chi connectivity index (χ3v) is 2.02. The molecule has 0 aliphatic carbocycles. The molecule has 7 nitrogen and oxygen atoms in total. The van der Waals surface area contributed by atoms with E-state index in [1.807, 2.05) is 0 Å². The minimum atomic E-state index is -1.01. The van der Waals surface area contributed by atoms with Gasteiger partial charge in [0.05, 0.1) is 0 Å². The lowest BCUT2D eigenvalue weighted by Crippen LogP contribution is -3.08. The molecule has 1 amide bonds. The summed E-state index contributed by atoms with van der Waals surface area (Å²) in [7, 11) is 0. The predicted molar refractivity (Wildman–Crippen MR) is 52.4 cm³/mol. The van der Waals surface area contributed by atoms with Crippen LogP contribution in [-0.2, 0) is 4.79 Å². The number of carbonyl (C=O) groups excluding carboxylic acids is 1. The molecule has 0 aromatic carbocycles. The van der Waals surface area contributed by atoms with Gasteiger partial charge in [0, 0.05) is 0 Å². The topological polar surface area (TPSA) is 123 Å². The quantitative estimate of drug-likeness (QED) is 0.262. The average molecular weight is 217 g/mol. The summed E-state index contributed by atoms with van der Waals surface area (Å²) in [6.07, 6.45) is 1.63. The summed E-state index contributed by atoms with van der Waals surface area (Å²) >= 11 is 0. The van der Waals surface area contributed by atoms with Crippen LogP contribution in [0.5, 0.6) is 0 Å². The van der Waals surface area contributed by atoms with Crippen molar-refractivity contribution in [1.82, 2.24) is 0 Å². The molecule has 0 saturated carbocycles. The van der Waals surface area contributed by atoms with Crippen molar-refractivity contribution >= 4 is 11.6 Å². The van der Waals surface area contributed by atoms with Gasteiger partial charge in [-0.15, -0.1) is 0 Å². The smallest absolute Gasteiger partial charge is 0.270 e. The molecule has 5 N–H and O–H groups in total. The molecule has 0 fully saturated rings. The molecule has 0 bridgehead atoms. The fraction of sp³-hybridized carbons (Fsp3) is 0.500. The van der Waals surface area contributed by atoms with Crippen molar-refractivity contribution in [3.8, 4) is 0 Å². The molecular weight excluding hydrogens is 202 g/mol. The molecule has 0 spiro atoms. The largest absolute Gasteiger partial charge is 0.600 e. The van der Waals surface area contributed by atoms with E-state index in [1.165, 1.54) is 13.0 Å².